The lowest BCUT2D eigenvalue weighted by molar-refractivity contribution is -0.207. The molecule has 2 unspecified atom stereocenters. The number of carbonyl (C=O) groups excluding carboxylic acids is 1. The van der Waals surface area contributed by atoms with Gasteiger partial charge < -0.3 is 20.3 Å². The second-order valence-corrected chi connectivity index (χ2v) is 3.60. The van der Waals surface area contributed by atoms with E-state index in [0.29, 0.717) is 0 Å². The van der Waals surface area contributed by atoms with Crippen LogP contribution in [0, 0.1) is 0 Å². The first-order valence-corrected chi connectivity index (χ1v) is 4.61. The van der Waals surface area contributed by atoms with E-state index in [1.807, 2.05) is 0 Å². The molecular formula is C8H12F3NO4. The Morgan fingerprint density at radius 3 is 2.50 bits per heavy atom. The van der Waals surface area contributed by atoms with Crippen LogP contribution in [0.25, 0.3) is 0 Å². The van der Waals surface area contributed by atoms with E-state index < -0.39 is 36.6 Å². The number of hydrogen-bond acceptors (Lipinski definition) is 4. The summed E-state index contributed by atoms with van der Waals surface area (Å²) >= 11 is 0. The number of rotatable bonds is 1. The van der Waals surface area contributed by atoms with E-state index in [2.05, 4.69) is 0 Å². The zero-order chi connectivity index (χ0) is 12.5. The van der Waals surface area contributed by atoms with Crippen molar-refractivity contribution in [3.05, 3.63) is 0 Å². The van der Waals surface area contributed by atoms with Crippen molar-refractivity contribution in [1.82, 2.24) is 5.32 Å². The Labute approximate surface area is 89.2 Å². The second kappa shape index (κ2) is 4.56. The van der Waals surface area contributed by atoms with Crippen molar-refractivity contribution in [2.45, 2.75) is 44.1 Å². The van der Waals surface area contributed by atoms with Crippen LogP contribution in [0.4, 0.5) is 13.2 Å². The number of ether oxygens (including phenoxy) is 1. The number of amides is 1. The van der Waals surface area contributed by atoms with Gasteiger partial charge in [0.05, 0.1) is 12.1 Å². The number of halogens is 3. The Morgan fingerprint density at radius 2 is 2.00 bits per heavy atom. The molecule has 1 aliphatic heterocycles. The van der Waals surface area contributed by atoms with Gasteiger partial charge in [-0.2, -0.15) is 13.2 Å². The molecule has 8 heteroatoms. The lowest BCUT2D eigenvalue weighted by Crippen LogP contribution is -2.56. The monoisotopic (exact) mass is 243 g/mol. The molecular weight excluding hydrogens is 231 g/mol. The van der Waals surface area contributed by atoms with Gasteiger partial charge in [-0.25, -0.2) is 0 Å². The van der Waals surface area contributed by atoms with Gasteiger partial charge in [0.25, 0.3) is 0 Å². The average molecular weight is 243 g/mol. The molecule has 3 N–H and O–H groups in total. The third-order valence-electron chi connectivity index (χ3n) is 2.29. The van der Waals surface area contributed by atoms with E-state index in [9.17, 15) is 23.1 Å². The summed E-state index contributed by atoms with van der Waals surface area (Å²) in [6.45, 7) is 1.39. The molecule has 1 fully saturated rings. The lowest BCUT2D eigenvalue weighted by atomic mass is 9.99. The second-order valence-electron chi connectivity index (χ2n) is 3.60. The Bertz CT molecular complexity index is 270. The maximum Gasteiger partial charge on any atom is 0.471 e. The van der Waals surface area contributed by atoms with E-state index in [-0.39, 0.29) is 6.42 Å². The molecule has 1 amide bonds. The number of carbonyl (C=O) groups is 1. The molecule has 16 heavy (non-hydrogen) atoms. The van der Waals surface area contributed by atoms with Gasteiger partial charge in [0, 0.05) is 6.42 Å². The summed E-state index contributed by atoms with van der Waals surface area (Å²) in [5, 5.41) is 20.2. The largest absolute Gasteiger partial charge is 0.471 e. The molecule has 0 aromatic rings. The van der Waals surface area contributed by atoms with Crippen LogP contribution in [-0.2, 0) is 9.53 Å². The first-order valence-electron chi connectivity index (χ1n) is 4.61. The highest BCUT2D eigenvalue weighted by atomic mass is 19.4. The van der Waals surface area contributed by atoms with E-state index >= 15 is 0 Å². The molecule has 0 aromatic heterocycles. The van der Waals surface area contributed by atoms with E-state index in [0.717, 1.165) is 0 Å². The van der Waals surface area contributed by atoms with E-state index in [4.69, 9.17) is 9.84 Å². The van der Waals surface area contributed by atoms with Crippen LogP contribution in [0.2, 0.25) is 0 Å². The molecule has 1 saturated heterocycles. The maximum absolute atomic E-state index is 11.9. The molecule has 0 aliphatic carbocycles. The molecule has 0 aromatic carbocycles. The predicted octanol–water partition coefficient (Wildman–Crippen LogP) is -0.478. The Morgan fingerprint density at radius 1 is 1.44 bits per heavy atom. The summed E-state index contributed by atoms with van der Waals surface area (Å²) in [4.78, 5) is 10.6. The highest BCUT2D eigenvalue weighted by molar-refractivity contribution is 5.82. The number of nitrogens with one attached hydrogen (secondary N) is 1. The van der Waals surface area contributed by atoms with Gasteiger partial charge in [0.1, 0.15) is 6.10 Å². The summed E-state index contributed by atoms with van der Waals surface area (Å²) in [7, 11) is 0. The van der Waals surface area contributed by atoms with Crippen LogP contribution in [-0.4, -0.2) is 46.8 Å². The summed E-state index contributed by atoms with van der Waals surface area (Å²) < 4.78 is 40.6. The summed E-state index contributed by atoms with van der Waals surface area (Å²) in [6, 6.07) is -1.17. The van der Waals surface area contributed by atoms with Crippen molar-refractivity contribution < 1.29 is 32.9 Å². The van der Waals surface area contributed by atoms with Crippen LogP contribution in [0.15, 0.2) is 0 Å². The van der Waals surface area contributed by atoms with Crippen LogP contribution >= 0.6 is 0 Å². The van der Waals surface area contributed by atoms with Gasteiger partial charge >= 0.3 is 12.1 Å². The molecule has 0 spiro atoms. The molecule has 5 nitrogen and oxygen atoms in total. The first-order chi connectivity index (χ1) is 7.21. The third-order valence-corrected chi connectivity index (χ3v) is 2.29. The Balaban J connectivity index is 2.62. The van der Waals surface area contributed by atoms with Crippen LogP contribution < -0.4 is 5.32 Å². The smallest absolute Gasteiger partial charge is 0.388 e. The zero-order valence-corrected chi connectivity index (χ0v) is 8.36. The van der Waals surface area contributed by atoms with Gasteiger partial charge in [-0.05, 0) is 6.92 Å². The number of aliphatic hydroxyl groups is 2. The average Bonchev–Trinajstić information content (AvgIpc) is 2.11. The molecule has 1 aliphatic rings. The summed E-state index contributed by atoms with van der Waals surface area (Å²) in [5.74, 6) is -2.14. The lowest BCUT2D eigenvalue weighted by Gasteiger charge is -2.36. The van der Waals surface area contributed by atoms with Gasteiger partial charge in [-0.1, -0.05) is 0 Å². The van der Waals surface area contributed by atoms with Gasteiger partial charge in [0.2, 0.25) is 0 Å². The van der Waals surface area contributed by atoms with Crippen molar-refractivity contribution in [2.24, 2.45) is 0 Å². The number of alkyl halides is 3. The van der Waals surface area contributed by atoms with Crippen LogP contribution in [0.3, 0.4) is 0 Å². The topological polar surface area (TPSA) is 78.8 Å². The minimum atomic E-state index is -5.01. The van der Waals surface area contributed by atoms with Crippen molar-refractivity contribution in [3.63, 3.8) is 0 Å². The fourth-order valence-corrected chi connectivity index (χ4v) is 1.46. The van der Waals surface area contributed by atoms with Gasteiger partial charge in [-0.15, -0.1) is 0 Å². The summed E-state index contributed by atoms with van der Waals surface area (Å²) in [5.41, 5.74) is 0. The van der Waals surface area contributed by atoms with Crippen molar-refractivity contribution in [2.75, 3.05) is 0 Å². The highest BCUT2D eigenvalue weighted by Gasteiger charge is 2.43. The fraction of sp³-hybridized carbons (Fsp3) is 0.875. The summed E-state index contributed by atoms with van der Waals surface area (Å²) in [6.07, 6.45) is -8.71. The minimum absolute atomic E-state index is 0.284. The molecule has 94 valence electrons. The van der Waals surface area contributed by atoms with E-state index in [1.165, 1.54) is 6.92 Å². The SMILES string of the molecule is CC1O[C@@H](O)CC(NC(=O)C(F)(F)F)[C@@H]1O. The van der Waals surface area contributed by atoms with Crippen LogP contribution in [0.1, 0.15) is 13.3 Å². The standard InChI is InChI=1S/C8H12F3NO4/c1-3-6(14)4(2-5(13)16-3)12-7(15)8(9,10)11/h3-6,13-14H,2H2,1H3,(H,12,15)/t3?,4?,5-,6-/m1/s1. The van der Waals surface area contributed by atoms with Gasteiger partial charge in [0.15, 0.2) is 6.29 Å². The molecule has 0 saturated carbocycles. The maximum atomic E-state index is 11.9. The zero-order valence-electron chi connectivity index (χ0n) is 8.36. The third kappa shape index (κ3) is 3.06. The quantitative estimate of drug-likeness (QED) is 0.581. The van der Waals surface area contributed by atoms with Crippen molar-refractivity contribution >= 4 is 5.91 Å². The van der Waals surface area contributed by atoms with Gasteiger partial charge in [-0.3, -0.25) is 4.79 Å². The van der Waals surface area contributed by atoms with Crippen molar-refractivity contribution in [1.29, 1.82) is 0 Å². The molecule has 1 rings (SSSR count). The molecule has 1 heterocycles. The van der Waals surface area contributed by atoms with Crippen molar-refractivity contribution in [3.8, 4) is 0 Å². The normalized spacial score (nSPS) is 35.9. The Hall–Kier alpha value is -0.860. The minimum Gasteiger partial charge on any atom is -0.388 e. The number of aliphatic hydroxyl groups excluding tert-OH is 2. The number of hydrogen-bond donors (Lipinski definition) is 3. The fourth-order valence-electron chi connectivity index (χ4n) is 1.46. The molecule has 0 radical (unpaired) electrons. The first kappa shape index (κ1) is 13.2. The van der Waals surface area contributed by atoms with Crippen LogP contribution in [0.5, 0.6) is 0 Å². The molecule has 0 bridgehead atoms. The molecule has 4 atom stereocenters. The van der Waals surface area contributed by atoms with E-state index in [1.54, 1.807) is 5.32 Å². The highest BCUT2D eigenvalue weighted by Crippen LogP contribution is 2.21. The predicted molar refractivity (Wildman–Crippen MR) is 45.2 cm³/mol. The Kier molecular flexibility index (Phi) is 3.76.